The third-order valence-electron chi connectivity index (χ3n) is 5.08. The van der Waals surface area contributed by atoms with Crippen LogP contribution in [0.2, 0.25) is 0 Å². The predicted octanol–water partition coefficient (Wildman–Crippen LogP) is 3.85. The molecule has 30 heavy (non-hydrogen) atoms. The van der Waals surface area contributed by atoms with Crippen LogP contribution in [0.3, 0.4) is 0 Å². The van der Waals surface area contributed by atoms with Crippen molar-refractivity contribution >= 4 is 39.6 Å². The van der Waals surface area contributed by atoms with Gasteiger partial charge in [0.15, 0.2) is 5.16 Å². The number of benzene rings is 2. The van der Waals surface area contributed by atoms with E-state index < -0.39 is 6.04 Å². The first-order valence-corrected chi connectivity index (χ1v) is 11.2. The van der Waals surface area contributed by atoms with Crippen LogP contribution in [-0.4, -0.2) is 45.2 Å². The van der Waals surface area contributed by atoms with Crippen molar-refractivity contribution in [1.29, 1.82) is 0 Å². The molecule has 1 aromatic heterocycles. The van der Waals surface area contributed by atoms with Crippen LogP contribution < -0.4 is 0 Å². The molecule has 0 aliphatic carbocycles. The van der Waals surface area contributed by atoms with Crippen LogP contribution >= 0.6 is 27.7 Å². The number of methoxy groups -OCH3 is 1. The number of thioether (sulfide) groups is 1. The molecular weight excluding hydrogens is 466 g/mol. The van der Waals surface area contributed by atoms with Crippen molar-refractivity contribution in [2.75, 3.05) is 12.9 Å². The summed E-state index contributed by atoms with van der Waals surface area (Å²) in [6.45, 7) is 0.399. The van der Waals surface area contributed by atoms with Crippen LogP contribution in [0.15, 0.2) is 70.6 Å². The molecule has 4 rings (SSSR count). The molecule has 0 N–H and O–H groups in total. The van der Waals surface area contributed by atoms with Gasteiger partial charge in [-0.25, -0.2) is 9.78 Å². The molecule has 0 bridgehead atoms. The Morgan fingerprint density at radius 1 is 1.17 bits per heavy atom. The van der Waals surface area contributed by atoms with E-state index in [-0.39, 0.29) is 17.6 Å². The third kappa shape index (κ3) is 4.29. The van der Waals surface area contributed by atoms with Crippen LogP contribution in [0.4, 0.5) is 0 Å². The maximum Gasteiger partial charge on any atom is 0.328 e. The minimum atomic E-state index is -0.607. The molecule has 0 radical (unpaired) electrons. The molecule has 1 aliphatic heterocycles. The number of amides is 1. The lowest BCUT2D eigenvalue weighted by Crippen LogP contribution is -2.49. The van der Waals surface area contributed by atoms with E-state index >= 15 is 0 Å². The van der Waals surface area contributed by atoms with Gasteiger partial charge in [-0.15, -0.1) is 0 Å². The van der Waals surface area contributed by atoms with Gasteiger partial charge in [0.05, 0.1) is 12.9 Å². The molecule has 8 heteroatoms. The van der Waals surface area contributed by atoms with E-state index in [1.807, 2.05) is 59.3 Å². The van der Waals surface area contributed by atoms with Crippen molar-refractivity contribution < 1.29 is 14.3 Å². The molecule has 2 heterocycles. The maximum absolute atomic E-state index is 13.1. The molecule has 6 nitrogen and oxygen atoms in total. The number of carbonyl (C=O) groups excluding carboxylic acids is 2. The number of aromatic nitrogens is 2. The van der Waals surface area contributed by atoms with Gasteiger partial charge in [-0.3, -0.25) is 9.36 Å². The second-order valence-corrected chi connectivity index (χ2v) is 8.74. The number of esters is 1. The number of rotatable bonds is 5. The Bertz CT molecular complexity index is 1070. The second-order valence-electron chi connectivity index (χ2n) is 6.88. The Morgan fingerprint density at radius 2 is 1.90 bits per heavy atom. The van der Waals surface area contributed by atoms with E-state index in [4.69, 9.17) is 4.74 Å². The van der Waals surface area contributed by atoms with E-state index in [0.29, 0.717) is 13.0 Å². The predicted molar refractivity (Wildman–Crippen MR) is 118 cm³/mol. The maximum atomic E-state index is 13.1. The smallest absolute Gasteiger partial charge is 0.328 e. The number of imidazole rings is 1. The van der Waals surface area contributed by atoms with Gasteiger partial charge in [-0.05, 0) is 35.4 Å². The van der Waals surface area contributed by atoms with Gasteiger partial charge in [0, 0.05) is 35.5 Å². The van der Waals surface area contributed by atoms with E-state index in [9.17, 15) is 9.59 Å². The van der Waals surface area contributed by atoms with Crippen molar-refractivity contribution in [2.45, 2.75) is 24.2 Å². The highest BCUT2D eigenvalue weighted by Crippen LogP contribution is 2.27. The molecular formula is C22H20BrN3O3S. The number of hydrogen-bond acceptors (Lipinski definition) is 5. The molecule has 154 valence electrons. The molecule has 1 amide bonds. The van der Waals surface area contributed by atoms with Gasteiger partial charge >= 0.3 is 5.97 Å². The average molecular weight is 486 g/mol. The van der Waals surface area contributed by atoms with Crippen LogP contribution in [-0.2, 0) is 27.3 Å². The third-order valence-corrected chi connectivity index (χ3v) is 6.56. The molecule has 2 aromatic carbocycles. The summed E-state index contributed by atoms with van der Waals surface area (Å²) in [6.07, 6.45) is 4.04. The molecule has 0 saturated carbocycles. The molecule has 0 saturated heterocycles. The fourth-order valence-corrected chi connectivity index (χ4v) is 4.66. The summed E-state index contributed by atoms with van der Waals surface area (Å²) in [7, 11) is 1.36. The summed E-state index contributed by atoms with van der Waals surface area (Å²) in [5, 5.41) is 0.720. The van der Waals surface area contributed by atoms with Gasteiger partial charge in [-0.1, -0.05) is 52.0 Å². The van der Waals surface area contributed by atoms with Crippen LogP contribution in [0, 0.1) is 0 Å². The molecule has 0 unspecified atom stereocenters. The average Bonchev–Trinajstić information content (AvgIpc) is 3.25. The highest BCUT2D eigenvalue weighted by atomic mass is 79.9. The van der Waals surface area contributed by atoms with E-state index in [2.05, 4.69) is 20.9 Å². The monoisotopic (exact) mass is 485 g/mol. The first-order valence-electron chi connectivity index (χ1n) is 9.43. The Balaban J connectivity index is 1.50. The van der Waals surface area contributed by atoms with Crippen LogP contribution in [0.5, 0.6) is 0 Å². The summed E-state index contributed by atoms with van der Waals surface area (Å²) < 4.78 is 7.90. The molecule has 0 spiro atoms. The summed E-state index contributed by atoms with van der Waals surface area (Å²) >= 11 is 4.79. The number of nitrogens with zero attached hydrogens (tertiary/aromatic N) is 3. The first-order chi connectivity index (χ1) is 14.6. The number of fused-ring (bicyclic) bond motifs is 1. The second kappa shape index (κ2) is 9.06. The van der Waals surface area contributed by atoms with Gasteiger partial charge in [0.2, 0.25) is 5.91 Å². The quantitative estimate of drug-likeness (QED) is 0.405. The summed E-state index contributed by atoms with van der Waals surface area (Å²) in [5.74, 6) is -0.321. The van der Waals surface area contributed by atoms with E-state index in [1.54, 1.807) is 11.1 Å². The number of hydrogen-bond donors (Lipinski definition) is 0. The minimum Gasteiger partial charge on any atom is -0.467 e. The van der Waals surface area contributed by atoms with Crippen molar-refractivity contribution in [3.8, 4) is 5.69 Å². The zero-order valence-electron chi connectivity index (χ0n) is 16.3. The molecule has 0 fully saturated rings. The number of halogens is 1. The lowest BCUT2D eigenvalue weighted by Gasteiger charge is -2.35. The Kier molecular flexibility index (Phi) is 6.24. The van der Waals surface area contributed by atoms with Crippen molar-refractivity contribution in [1.82, 2.24) is 14.5 Å². The Hall–Kier alpha value is -2.58. The number of carbonyl (C=O) groups is 2. The zero-order valence-corrected chi connectivity index (χ0v) is 18.7. The first kappa shape index (κ1) is 20.7. The lowest BCUT2D eigenvalue weighted by atomic mass is 9.94. The van der Waals surface area contributed by atoms with E-state index in [1.165, 1.54) is 18.9 Å². The summed E-state index contributed by atoms with van der Waals surface area (Å²) in [5.41, 5.74) is 3.10. The zero-order chi connectivity index (χ0) is 21.1. The van der Waals surface area contributed by atoms with Crippen LogP contribution in [0.25, 0.3) is 5.69 Å². The number of ether oxygens (including phenoxy) is 1. The molecule has 3 aromatic rings. The van der Waals surface area contributed by atoms with Gasteiger partial charge in [0.25, 0.3) is 0 Å². The normalized spacial score (nSPS) is 15.5. The molecule has 1 atom stereocenters. The van der Waals surface area contributed by atoms with Crippen molar-refractivity contribution in [3.63, 3.8) is 0 Å². The van der Waals surface area contributed by atoms with Crippen molar-refractivity contribution in [2.24, 2.45) is 0 Å². The minimum absolute atomic E-state index is 0.116. The standard InChI is InChI=1S/C22H20BrN3O3S/c1-29-21(28)19-12-15-4-2-3-5-16(15)13-26(19)20(27)14-30-22-24-10-11-25(22)18-8-6-17(23)7-9-18/h2-11,19H,12-14H2,1H3/t19-/m0/s1. The highest BCUT2D eigenvalue weighted by molar-refractivity contribution is 9.10. The fraction of sp³-hybridized carbons (Fsp3) is 0.227. The fourth-order valence-electron chi connectivity index (χ4n) is 3.54. The Morgan fingerprint density at radius 3 is 2.63 bits per heavy atom. The highest BCUT2D eigenvalue weighted by Gasteiger charge is 2.35. The van der Waals surface area contributed by atoms with Gasteiger partial charge < -0.3 is 9.64 Å². The van der Waals surface area contributed by atoms with E-state index in [0.717, 1.165) is 26.4 Å². The lowest BCUT2D eigenvalue weighted by molar-refractivity contribution is -0.153. The largest absolute Gasteiger partial charge is 0.467 e. The van der Waals surface area contributed by atoms with Crippen LogP contribution in [0.1, 0.15) is 11.1 Å². The van der Waals surface area contributed by atoms with Crippen molar-refractivity contribution in [3.05, 3.63) is 76.5 Å². The summed E-state index contributed by atoms with van der Waals surface area (Å²) in [4.78, 5) is 31.4. The SMILES string of the molecule is COC(=O)[C@@H]1Cc2ccccc2CN1C(=O)CSc1nccn1-c1ccc(Br)cc1. The Labute approximate surface area is 187 Å². The van der Waals surface area contributed by atoms with Gasteiger partial charge in [0.1, 0.15) is 6.04 Å². The van der Waals surface area contributed by atoms with Gasteiger partial charge in [-0.2, -0.15) is 0 Å². The summed E-state index contributed by atoms with van der Waals surface area (Å²) in [6, 6.07) is 15.2. The molecule has 1 aliphatic rings. The topological polar surface area (TPSA) is 64.4 Å².